The van der Waals surface area contributed by atoms with Gasteiger partial charge in [0.05, 0.1) is 24.3 Å². The van der Waals surface area contributed by atoms with Crippen molar-refractivity contribution in [1.29, 1.82) is 0 Å². The first kappa shape index (κ1) is 13.6. The largest absolute Gasteiger partial charge is 0.462 e. The Morgan fingerprint density at radius 1 is 1.30 bits per heavy atom. The van der Waals surface area contributed by atoms with Crippen LogP contribution in [0.25, 0.3) is 11.3 Å². The second-order valence-corrected chi connectivity index (χ2v) is 7.54. The summed E-state index contributed by atoms with van der Waals surface area (Å²) >= 11 is 0. The maximum atomic E-state index is 13.5. The fourth-order valence-electron chi connectivity index (χ4n) is 2.19. The number of hydrogen-bond donors (Lipinski definition) is 0. The molecule has 0 aliphatic heterocycles. The summed E-state index contributed by atoms with van der Waals surface area (Å²) in [4.78, 5) is 20.9. The van der Waals surface area contributed by atoms with Crippen molar-refractivity contribution in [3.05, 3.63) is 41.3 Å². The van der Waals surface area contributed by atoms with Crippen LogP contribution in [0.2, 0.25) is 0 Å². The van der Waals surface area contributed by atoms with Crippen LogP contribution in [0, 0.1) is 5.82 Å². The van der Waals surface area contributed by atoms with E-state index in [9.17, 15) is 17.6 Å². The SMILES string of the molecule is [2H]C([2H])([2H])C(c1nc(N(C)S(C)(=O)=O)nc(-c2ccc(F)cc2)c1C(=O)OCC)C([2H])([2H])[2H]. The van der Waals surface area contributed by atoms with Gasteiger partial charge in [0.25, 0.3) is 0 Å². The number of carbonyl (C=O) groups excluding carboxylic acids is 1. The number of hydrogen-bond acceptors (Lipinski definition) is 6. The predicted octanol–water partition coefficient (Wildman–Crippen LogP) is 2.98. The number of benzene rings is 1. The third-order valence-corrected chi connectivity index (χ3v) is 4.73. The average Bonchev–Trinajstić information content (AvgIpc) is 2.64. The maximum Gasteiger partial charge on any atom is 0.342 e. The van der Waals surface area contributed by atoms with Gasteiger partial charge in [-0.2, -0.15) is 0 Å². The van der Waals surface area contributed by atoms with Gasteiger partial charge in [0.2, 0.25) is 16.0 Å². The van der Waals surface area contributed by atoms with Crippen LogP contribution >= 0.6 is 0 Å². The van der Waals surface area contributed by atoms with E-state index in [0.29, 0.717) is 4.31 Å². The molecule has 0 aliphatic carbocycles. The first-order chi connectivity index (χ1) is 15.0. The number of sulfonamides is 1. The molecule has 146 valence electrons. The Bertz CT molecular complexity index is 1120. The van der Waals surface area contributed by atoms with Crippen molar-refractivity contribution in [1.82, 2.24) is 9.97 Å². The molecule has 0 bridgehead atoms. The minimum atomic E-state index is -3.97. The summed E-state index contributed by atoms with van der Waals surface area (Å²) in [6.45, 7) is -4.99. The molecule has 7 nitrogen and oxygen atoms in total. The Morgan fingerprint density at radius 3 is 2.44 bits per heavy atom. The van der Waals surface area contributed by atoms with E-state index in [1.807, 2.05) is 0 Å². The van der Waals surface area contributed by atoms with Crippen LogP contribution < -0.4 is 4.31 Å². The van der Waals surface area contributed by atoms with Gasteiger partial charge < -0.3 is 4.74 Å². The van der Waals surface area contributed by atoms with Crippen LogP contribution in [-0.2, 0) is 14.8 Å². The lowest BCUT2D eigenvalue weighted by Crippen LogP contribution is -2.28. The fourth-order valence-corrected chi connectivity index (χ4v) is 2.56. The Hall–Kier alpha value is -2.55. The van der Waals surface area contributed by atoms with E-state index in [1.165, 1.54) is 19.1 Å². The van der Waals surface area contributed by atoms with Gasteiger partial charge in [0.15, 0.2) is 0 Å². The molecule has 0 saturated carbocycles. The molecule has 0 atom stereocenters. The second-order valence-electron chi connectivity index (χ2n) is 5.52. The molecular formula is C18H22FN3O4S. The first-order valence-corrected chi connectivity index (χ1v) is 9.62. The predicted molar refractivity (Wildman–Crippen MR) is 101 cm³/mol. The third kappa shape index (κ3) is 4.60. The minimum Gasteiger partial charge on any atom is -0.462 e. The quantitative estimate of drug-likeness (QED) is 0.692. The van der Waals surface area contributed by atoms with Gasteiger partial charge in [0, 0.05) is 20.8 Å². The molecule has 1 heterocycles. The van der Waals surface area contributed by atoms with Crippen LogP contribution in [0.3, 0.4) is 0 Å². The van der Waals surface area contributed by atoms with Crippen LogP contribution in [0.5, 0.6) is 0 Å². The molecule has 0 saturated heterocycles. The number of ether oxygens (including phenoxy) is 1. The molecule has 9 heteroatoms. The van der Waals surface area contributed by atoms with E-state index >= 15 is 0 Å². The zero-order chi connectivity index (χ0) is 25.4. The number of anilines is 1. The van der Waals surface area contributed by atoms with E-state index in [0.717, 1.165) is 25.4 Å². The lowest BCUT2D eigenvalue weighted by molar-refractivity contribution is 0.0524. The molecule has 0 N–H and O–H groups in total. The van der Waals surface area contributed by atoms with Crippen molar-refractivity contribution in [3.8, 4) is 11.3 Å². The van der Waals surface area contributed by atoms with Crippen LogP contribution in [0.1, 0.15) is 50.8 Å². The lowest BCUT2D eigenvalue weighted by atomic mass is 9.98. The van der Waals surface area contributed by atoms with Crippen LogP contribution in [0.15, 0.2) is 24.3 Å². The summed E-state index contributed by atoms with van der Waals surface area (Å²) in [5.41, 5.74) is -1.51. The van der Waals surface area contributed by atoms with Crippen molar-refractivity contribution < 1.29 is 30.6 Å². The average molecular weight is 401 g/mol. The lowest BCUT2D eigenvalue weighted by Gasteiger charge is -2.20. The Balaban J connectivity index is 3.08. The van der Waals surface area contributed by atoms with E-state index in [1.54, 1.807) is 0 Å². The van der Waals surface area contributed by atoms with E-state index in [-0.39, 0.29) is 17.9 Å². The summed E-state index contributed by atoms with van der Waals surface area (Å²) in [6, 6.07) is 4.51. The third-order valence-electron chi connectivity index (χ3n) is 3.57. The fraction of sp³-hybridized carbons (Fsp3) is 0.389. The molecule has 0 amide bonds. The van der Waals surface area contributed by atoms with Crippen molar-refractivity contribution in [2.75, 3.05) is 24.2 Å². The first-order valence-electron chi connectivity index (χ1n) is 10.8. The topological polar surface area (TPSA) is 89.5 Å². The van der Waals surface area contributed by atoms with Gasteiger partial charge in [-0.3, -0.25) is 0 Å². The van der Waals surface area contributed by atoms with Crippen molar-refractivity contribution >= 4 is 21.9 Å². The number of nitrogens with zero attached hydrogens (tertiary/aromatic N) is 3. The van der Waals surface area contributed by atoms with Gasteiger partial charge in [0.1, 0.15) is 11.4 Å². The zero-order valence-corrected chi connectivity index (χ0v) is 15.7. The second kappa shape index (κ2) is 7.99. The van der Waals surface area contributed by atoms with Crippen molar-refractivity contribution in [3.63, 3.8) is 0 Å². The monoisotopic (exact) mass is 401 g/mol. The molecule has 0 aliphatic rings. The van der Waals surface area contributed by atoms with Gasteiger partial charge in [-0.15, -0.1) is 0 Å². The summed E-state index contributed by atoms with van der Waals surface area (Å²) in [6.07, 6.45) is 0.831. The van der Waals surface area contributed by atoms with Crippen molar-refractivity contribution in [2.45, 2.75) is 26.5 Å². The molecule has 2 aromatic rings. The number of rotatable bonds is 6. The van der Waals surface area contributed by atoms with Crippen LogP contribution in [-0.4, -0.2) is 44.3 Å². The van der Waals surface area contributed by atoms with Gasteiger partial charge >= 0.3 is 5.97 Å². The summed E-state index contributed by atoms with van der Waals surface area (Å²) in [5, 5.41) is 0. The number of halogens is 1. The normalized spacial score (nSPS) is 15.7. The standard InChI is InChI=1S/C18H22FN3O4S/c1-6-26-17(23)14-15(11(2)3)20-18(22(4)27(5,24)25)21-16(14)12-7-9-13(19)10-8-12/h7-11H,6H2,1-5H3/i2D3,3D3. The Morgan fingerprint density at radius 2 is 1.93 bits per heavy atom. The highest BCUT2D eigenvalue weighted by Crippen LogP contribution is 2.31. The number of esters is 1. The molecule has 27 heavy (non-hydrogen) atoms. The number of carbonyl (C=O) groups is 1. The van der Waals surface area contributed by atoms with E-state index in [2.05, 4.69) is 9.97 Å². The molecular weight excluding hydrogens is 373 g/mol. The maximum absolute atomic E-state index is 13.5. The van der Waals surface area contributed by atoms with Crippen LogP contribution in [0.4, 0.5) is 10.3 Å². The highest BCUT2D eigenvalue weighted by Gasteiger charge is 2.27. The summed E-state index contributed by atoms with van der Waals surface area (Å²) in [5.74, 6) is -4.59. The highest BCUT2D eigenvalue weighted by atomic mass is 32.2. The molecule has 0 fully saturated rings. The minimum absolute atomic E-state index is 0.0843. The molecule has 0 spiro atoms. The molecule has 0 radical (unpaired) electrons. The van der Waals surface area contributed by atoms with Gasteiger partial charge in [-0.25, -0.2) is 31.9 Å². The molecule has 0 unspecified atom stereocenters. The number of aromatic nitrogens is 2. The Kier molecular flexibility index (Phi) is 4.02. The smallest absolute Gasteiger partial charge is 0.342 e. The zero-order valence-electron chi connectivity index (χ0n) is 20.9. The van der Waals surface area contributed by atoms with E-state index in [4.69, 9.17) is 13.0 Å². The molecule has 2 rings (SSSR count). The highest BCUT2D eigenvalue weighted by molar-refractivity contribution is 7.92. The van der Waals surface area contributed by atoms with Gasteiger partial charge in [-0.05, 0) is 37.1 Å². The van der Waals surface area contributed by atoms with E-state index < -0.39 is 58.6 Å². The summed E-state index contributed by atoms with van der Waals surface area (Å²) < 4.78 is 90.2. The van der Waals surface area contributed by atoms with Crippen molar-refractivity contribution in [2.24, 2.45) is 0 Å². The Labute approximate surface area is 166 Å². The molecule has 1 aromatic carbocycles. The van der Waals surface area contributed by atoms with Gasteiger partial charge in [-0.1, -0.05) is 13.7 Å². The molecule has 1 aromatic heterocycles. The summed E-state index contributed by atoms with van der Waals surface area (Å²) in [7, 11) is -2.89.